The van der Waals surface area contributed by atoms with Crippen LogP contribution < -0.4 is 15.5 Å². The third-order valence-corrected chi connectivity index (χ3v) is 7.40. The van der Waals surface area contributed by atoms with Crippen LogP contribution in [0.15, 0.2) is 53.4 Å². The Balaban J connectivity index is 1.22. The van der Waals surface area contributed by atoms with Gasteiger partial charge in [0.2, 0.25) is 5.95 Å². The van der Waals surface area contributed by atoms with Gasteiger partial charge in [0.15, 0.2) is 0 Å². The number of nitrogens with two attached hydrogens (primary N) is 1. The van der Waals surface area contributed by atoms with Crippen molar-refractivity contribution >= 4 is 29.5 Å². The van der Waals surface area contributed by atoms with Gasteiger partial charge in [-0.15, -0.1) is 0 Å². The fraction of sp³-hybridized carbons (Fsp3) is 0.308. The van der Waals surface area contributed by atoms with E-state index >= 15 is 0 Å². The summed E-state index contributed by atoms with van der Waals surface area (Å²) >= 11 is 1.75. The fourth-order valence-corrected chi connectivity index (χ4v) is 5.48. The molecule has 8 nitrogen and oxygen atoms in total. The van der Waals surface area contributed by atoms with Crippen molar-refractivity contribution in [2.75, 3.05) is 42.5 Å². The Morgan fingerprint density at radius 1 is 1.09 bits per heavy atom. The van der Waals surface area contributed by atoms with Crippen LogP contribution in [0.1, 0.15) is 32.9 Å². The molecule has 2 aliphatic rings. The lowest BCUT2D eigenvalue weighted by Crippen LogP contribution is -2.44. The first-order chi connectivity index (χ1) is 17.0. The van der Waals surface area contributed by atoms with E-state index in [1.54, 1.807) is 18.0 Å². The third kappa shape index (κ3) is 5.00. The number of anilines is 2. The largest absolute Gasteiger partial charge is 0.338 e. The highest BCUT2D eigenvalue weighted by molar-refractivity contribution is 7.97. The van der Waals surface area contributed by atoms with Crippen molar-refractivity contribution in [3.8, 4) is 6.07 Å². The molecule has 0 radical (unpaired) electrons. The summed E-state index contributed by atoms with van der Waals surface area (Å²) < 4.78 is 2.34. The topological polar surface area (TPSA) is 102 Å². The molecule has 0 unspecified atom stereocenters. The molecule has 2 aliphatic heterocycles. The Kier molecular flexibility index (Phi) is 6.68. The molecule has 2 aromatic carbocycles. The van der Waals surface area contributed by atoms with E-state index in [-0.39, 0.29) is 5.91 Å². The van der Waals surface area contributed by atoms with Gasteiger partial charge in [-0.1, -0.05) is 12.1 Å². The highest BCUT2D eigenvalue weighted by Crippen LogP contribution is 2.34. The molecule has 0 spiro atoms. The Morgan fingerprint density at radius 3 is 2.69 bits per heavy atom. The van der Waals surface area contributed by atoms with Crippen LogP contribution in [-0.4, -0.2) is 52.9 Å². The number of aryl methyl sites for hydroxylation is 1. The normalized spacial score (nSPS) is 15.7. The lowest BCUT2D eigenvalue weighted by atomic mass is 10.1. The molecule has 0 bridgehead atoms. The average Bonchev–Trinajstić information content (AvgIpc) is 3.31. The van der Waals surface area contributed by atoms with E-state index < -0.39 is 0 Å². The Labute approximate surface area is 209 Å². The lowest BCUT2D eigenvalue weighted by molar-refractivity contribution is 0.0989. The molecule has 1 saturated heterocycles. The van der Waals surface area contributed by atoms with Gasteiger partial charge < -0.3 is 15.5 Å². The molecule has 1 aromatic heterocycles. The minimum absolute atomic E-state index is 0.0218. The third-order valence-electron chi connectivity index (χ3n) is 6.31. The molecule has 0 aliphatic carbocycles. The molecule has 0 atom stereocenters. The zero-order valence-corrected chi connectivity index (χ0v) is 20.5. The number of hydrogen-bond donors (Lipinski definition) is 1. The number of carbonyl (C=O) groups excluding carboxylic acids is 1. The second-order valence-corrected chi connectivity index (χ2v) is 9.89. The Hall–Kier alpha value is -3.45. The van der Waals surface area contributed by atoms with Crippen LogP contribution in [0.2, 0.25) is 0 Å². The molecule has 9 heteroatoms. The number of aromatic nitrogens is 2. The summed E-state index contributed by atoms with van der Waals surface area (Å²) in [5.74, 6) is 0.652. The van der Waals surface area contributed by atoms with Gasteiger partial charge >= 0.3 is 0 Å². The number of rotatable bonds is 5. The zero-order valence-electron chi connectivity index (χ0n) is 19.6. The average molecular weight is 486 g/mol. The number of carbonyl (C=O) groups is 1. The van der Waals surface area contributed by atoms with E-state index in [1.165, 1.54) is 10.5 Å². The van der Waals surface area contributed by atoms with E-state index in [0.29, 0.717) is 30.3 Å². The van der Waals surface area contributed by atoms with Crippen LogP contribution in [0.3, 0.4) is 0 Å². The standard InChI is InChI=1S/C26H27N7OS/c1-18-13-22(17-28)30-26(29-18)31-9-11-32(12-10-31)35-23-5-6-24-20(15-23)7-8-33(24)25(34)21-4-2-3-19(14-21)16-27/h2-6,13-15H,7-12,16,27H2,1H3. The summed E-state index contributed by atoms with van der Waals surface area (Å²) in [6.07, 6.45) is 0.853. The van der Waals surface area contributed by atoms with Crippen LogP contribution >= 0.6 is 11.9 Å². The first-order valence-corrected chi connectivity index (χ1v) is 12.5. The van der Waals surface area contributed by atoms with Crippen LogP contribution in [-0.2, 0) is 13.0 Å². The minimum atomic E-state index is 0.0218. The van der Waals surface area contributed by atoms with E-state index in [2.05, 4.69) is 43.4 Å². The van der Waals surface area contributed by atoms with Crippen molar-refractivity contribution in [2.45, 2.75) is 24.8 Å². The van der Waals surface area contributed by atoms with Gasteiger partial charge in [-0.05, 0) is 72.8 Å². The maximum absolute atomic E-state index is 13.1. The van der Waals surface area contributed by atoms with Crippen molar-refractivity contribution in [3.05, 3.63) is 76.6 Å². The highest BCUT2D eigenvalue weighted by atomic mass is 32.2. The summed E-state index contributed by atoms with van der Waals surface area (Å²) in [4.78, 5) is 27.2. The summed E-state index contributed by atoms with van der Waals surface area (Å²) in [6, 6.07) is 17.7. The summed E-state index contributed by atoms with van der Waals surface area (Å²) in [5, 5.41) is 9.19. The second-order valence-electron chi connectivity index (χ2n) is 8.72. The van der Waals surface area contributed by atoms with Gasteiger partial charge in [0.25, 0.3) is 5.91 Å². The number of hydrogen-bond acceptors (Lipinski definition) is 8. The van der Waals surface area contributed by atoms with Crippen molar-refractivity contribution in [1.29, 1.82) is 5.26 Å². The van der Waals surface area contributed by atoms with Crippen LogP contribution in [0.5, 0.6) is 0 Å². The molecule has 3 aromatic rings. The summed E-state index contributed by atoms with van der Waals surface area (Å²) in [5.41, 5.74) is 10.8. The smallest absolute Gasteiger partial charge is 0.258 e. The van der Waals surface area contributed by atoms with E-state index in [1.807, 2.05) is 36.1 Å². The maximum Gasteiger partial charge on any atom is 0.258 e. The Bertz CT molecular complexity index is 1300. The van der Waals surface area contributed by atoms with E-state index in [4.69, 9.17) is 5.73 Å². The molecule has 5 rings (SSSR count). The van der Waals surface area contributed by atoms with Crippen molar-refractivity contribution < 1.29 is 4.79 Å². The number of nitrogens with zero attached hydrogens (tertiary/aromatic N) is 6. The van der Waals surface area contributed by atoms with Crippen LogP contribution in [0, 0.1) is 18.3 Å². The lowest BCUT2D eigenvalue weighted by Gasteiger charge is -2.34. The maximum atomic E-state index is 13.1. The van der Waals surface area contributed by atoms with E-state index in [9.17, 15) is 10.1 Å². The first kappa shape index (κ1) is 23.3. The van der Waals surface area contributed by atoms with Gasteiger partial charge in [-0.2, -0.15) is 5.26 Å². The first-order valence-electron chi connectivity index (χ1n) is 11.7. The number of fused-ring (bicyclic) bond motifs is 1. The summed E-state index contributed by atoms with van der Waals surface area (Å²) in [6.45, 7) is 6.33. The quantitative estimate of drug-likeness (QED) is 0.550. The molecule has 2 N–H and O–H groups in total. The number of piperazine rings is 1. The molecular weight excluding hydrogens is 458 g/mol. The Morgan fingerprint density at radius 2 is 1.91 bits per heavy atom. The second kappa shape index (κ2) is 10.0. The van der Waals surface area contributed by atoms with Crippen LogP contribution in [0.4, 0.5) is 11.6 Å². The van der Waals surface area contributed by atoms with Gasteiger partial charge in [-0.25, -0.2) is 14.3 Å². The monoisotopic (exact) mass is 485 g/mol. The van der Waals surface area contributed by atoms with E-state index in [0.717, 1.165) is 49.5 Å². The number of amides is 1. The summed E-state index contributed by atoms with van der Waals surface area (Å²) in [7, 11) is 0. The molecule has 178 valence electrons. The minimum Gasteiger partial charge on any atom is -0.338 e. The fourth-order valence-electron chi connectivity index (χ4n) is 4.51. The molecule has 0 saturated carbocycles. The molecule has 3 heterocycles. The van der Waals surface area contributed by atoms with Gasteiger partial charge in [0, 0.05) is 61.1 Å². The zero-order chi connectivity index (χ0) is 24.4. The van der Waals surface area contributed by atoms with Crippen LogP contribution in [0.25, 0.3) is 0 Å². The highest BCUT2D eigenvalue weighted by Gasteiger charge is 2.27. The molecule has 35 heavy (non-hydrogen) atoms. The SMILES string of the molecule is Cc1cc(C#N)nc(N2CCN(Sc3ccc4c(c3)CCN4C(=O)c3cccc(CN)c3)CC2)n1. The molecular formula is C26H27N7OS. The van der Waals surface area contributed by atoms with Crippen molar-refractivity contribution in [1.82, 2.24) is 14.3 Å². The van der Waals surface area contributed by atoms with Gasteiger partial charge in [-0.3, -0.25) is 4.79 Å². The van der Waals surface area contributed by atoms with Crippen molar-refractivity contribution in [3.63, 3.8) is 0 Å². The molecule has 1 fully saturated rings. The predicted octanol–water partition coefficient (Wildman–Crippen LogP) is 3.15. The predicted molar refractivity (Wildman–Crippen MR) is 137 cm³/mol. The number of benzene rings is 2. The van der Waals surface area contributed by atoms with Gasteiger partial charge in [0.05, 0.1) is 0 Å². The van der Waals surface area contributed by atoms with Crippen molar-refractivity contribution in [2.24, 2.45) is 5.73 Å². The number of nitriles is 1. The molecule has 1 amide bonds. The van der Waals surface area contributed by atoms with Gasteiger partial charge in [0.1, 0.15) is 11.8 Å².